The molecule has 0 spiro atoms. The molecule has 4 rings (SSSR count). The van der Waals surface area contributed by atoms with Crippen LogP contribution in [0.3, 0.4) is 0 Å². The van der Waals surface area contributed by atoms with E-state index in [-0.39, 0.29) is 5.91 Å². The Bertz CT molecular complexity index is 1130. The average Bonchev–Trinajstić information content (AvgIpc) is 3.26. The van der Waals surface area contributed by atoms with Crippen molar-refractivity contribution in [3.63, 3.8) is 0 Å². The number of rotatable bonds is 5. The number of thiol groups is 1. The summed E-state index contributed by atoms with van der Waals surface area (Å²) in [4.78, 5) is 12.5. The van der Waals surface area contributed by atoms with Crippen LogP contribution in [0.5, 0.6) is 0 Å². The average molecular weight is 402 g/mol. The van der Waals surface area contributed by atoms with E-state index in [1.807, 2.05) is 54.6 Å². The molecule has 0 aliphatic carbocycles. The highest BCUT2D eigenvalue weighted by Crippen LogP contribution is 2.30. The molecule has 3 N–H and O–H groups in total. The maximum atomic E-state index is 12.5. The van der Waals surface area contributed by atoms with Gasteiger partial charge in [-0.1, -0.05) is 42.5 Å². The monoisotopic (exact) mass is 402 g/mol. The fraction of sp³-hybridized carbons (Fsp3) is 0.0455. The fourth-order valence-electron chi connectivity index (χ4n) is 2.81. The SMILES string of the molecule is Nc1ccccc1NC(=O)c1ccc(C(S)c2nnc(-c3ccccc3)o2)cc1. The molecule has 0 bridgehead atoms. The lowest BCUT2D eigenvalue weighted by molar-refractivity contribution is 0.102. The zero-order valence-electron chi connectivity index (χ0n) is 15.3. The zero-order chi connectivity index (χ0) is 20.2. The maximum Gasteiger partial charge on any atom is 0.255 e. The largest absolute Gasteiger partial charge is 0.419 e. The number of nitrogens with zero attached hydrogens (tertiary/aromatic N) is 2. The molecule has 6 nitrogen and oxygen atoms in total. The van der Waals surface area contributed by atoms with Gasteiger partial charge in [-0.25, -0.2) is 0 Å². The molecule has 1 heterocycles. The van der Waals surface area contributed by atoms with Gasteiger partial charge in [-0.15, -0.1) is 10.2 Å². The summed E-state index contributed by atoms with van der Waals surface area (Å²) in [5, 5.41) is 10.6. The number of carbonyl (C=O) groups is 1. The second-order valence-electron chi connectivity index (χ2n) is 6.38. The molecule has 3 aromatic carbocycles. The Hall–Kier alpha value is -3.58. The molecular formula is C22H18N4O2S. The highest BCUT2D eigenvalue weighted by Gasteiger charge is 2.18. The van der Waals surface area contributed by atoms with E-state index >= 15 is 0 Å². The van der Waals surface area contributed by atoms with Gasteiger partial charge < -0.3 is 15.5 Å². The van der Waals surface area contributed by atoms with Gasteiger partial charge in [-0.3, -0.25) is 4.79 Å². The Morgan fingerprint density at radius 2 is 1.62 bits per heavy atom. The summed E-state index contributed by atoms with van der Waals surface area (Å²) in [5.74, 6) is 0.590. The van der Waals surface area contributed by atoms with E-state index < -0.39 is 5.25 Å². The van der Waals surface area contributed by atoms with Crippen LogP contribution >= 0.6 is 12.6 Å². The lowest BCUT2D eigenvalue weighted by Crippen LogP contribution is -2.13. The molecule has 0 saturated carbocycles. The molecule has 0 aliphatic rings. The van der Waals surface area contributed by atoms with Crippen LogP contribution in [-0.4, -0.2) is 16.1 Å². The van der Waals surface area contributed by atoms with Crippen molar-refractivity contribution in [2.45, 2.75) is 5.25 Å². The molecule has 1 amide bonds. The predicted molar refractivity (Wildman–Crippen MR) is 116 cm³/mol. The number of para-hydroxylation sites is 2. The van der Waals surface area contributed by atoms with Crippen molar-refractivity contribution in [3.05, 3.63) is 95.9 Å². The lowest BCUT2D eigenvalue weighted by Gasteiger charge is -2.10. The van der Waals surface area contributed by atoms with Crippen molar-refractivity contribution in [2.75, 3.05) is 11.1 Å². The van der Waals surface area contributed by atoms with Crippen molar-refractivity contribution >= 4 is 29.9 Å². The summed E-state index contributed by atoms with van der Waals surface area (Å²) < 4.78 is 5.76. The highest BCUT2D eigenvalue weighted by molar-refractivity contribution is 7.80. The number of carbonyl (C=O) groups excluding carboxylic acids is 1. The molecule has 0 saturated heterocycles. The van der Waals surface area contributed by atoms with Gasteiger partial charge >= 0.3 is 0 Å². The first-order chi connectivity index (χ1) is 14.1. The molecule has 1 unspecified atom stereocenters. The molecule has 1 atom stereocenters. The van der Waals surface area contributed by atoms with Gasteiger partial charge in [-0.05, 0) is 42.0 Å². The molecule has 4 aromatic rings. The molecule has 0 radical (unpaired) electrons. The number of nitrogen functional groups attached to an aromatic ring is 1. The predicted octanol–water partition coefficient (Wildman–Crippen LogP) is 4.59. The molecule has 0 fully saturated rings. The number of nitrogens with one attached hydrogen (secondary N) is 1. The van der Waals surface area contributed by atoms with Gasteiger partial charge in [0.1, 0.15) is 5.25 Å². The first-order valence-corrected chi connectivity index (χ1v) is 9.46. The minimum absolute atomic E-state index is 0.241. The second kappa shape index (κ2) is 8.20. The van der Waals surface area contributed by atoms with Crippen LogP contribution in [0.2, 0.25) is 0 Å². The minimum Gasteiger partial charge on any atom is -0.419 e. The van der Waals surface area contributed by atoms with E-state index in [0.717, 1.165) is 11.1 Å². The number of amides is 1. The first-order valence-electron chi connectivity index (χ1n) is 8.94. The van der Waals surface area contributed by atoms with E-state index in [0.29, 0.717) is 28.7 Å². The third-order valence-corrected chi connectivity index (χ3v) is 4.91. The van der Waals surface area contributed by atoms with Crippen LogP contribution in [0.1, 0.15) is 27.1 Å². The van der Waals surface area contributed by atoms with Gasteiger partial charge in [0.2, 0.25) is 11.8 Å². The topological polar surface area (TPSA) is 94.0 Å². The standard InChI is InChI=1S/C22H18N4O2S/c23-17-8-4-5-9-18(17)24-20(27)15-12-10-14(11-13-15)19(29)22-26-25-21(28-22)16-6-2-1-3-7-16/h1-13,19,29H,23H2,(H,24,27). The Balaban J connectivity index is 1.48. The summed E-state index contributed by atoms with van der Waals surface area (Å²) in [6, 6.07) is 23.7. The Morgan fingerprint density at radius 3 is 2.34 bits per heavy atom. The zero-order valence-corrected chi connectivity index (χ0v) is 16.2. The van der Waals surface area contributed by atoms with Crippen molar-refractivity contribution in [2.24, 2.45) is 0 Å². The molecular weight excluding hydrogens is 384 g/mol. The van der Waals surface area contributed by atoms with Crippen molar-refractivity contribution in [1.29, 1.82) is 0 Å². The van der Waals surface area contributed by atoms with Crippen molar-refractivity contribution in [1.82, 2.24) is 10.2 Å². The summed E-state index contributed by atoms with van der Waals surface area (Å²) >= 11 is 4.60. The molecule has 7 heteroatoms. The number of anilines is 2. The van der Waals surface area contributed by atoms with Crippen LogP contribution < -0.4 is 11.1 Å². The van der Waals surface area contributed by atoms with E-state index in [1.165, 1.54) is 0 Å². The van der Waals surface area contributed by atoms with Crippen molar-refractivity contribution in [3.8, 4) is 11.5 Å². The normalized spacial score (nSPS) is 11.8. The third kappa shape index (κ3) is 4.14. The van der Waals surface area contributed by atoms with E-state index in [2.05, 4.69) is 28.1 Å². The highest BCUT2D eigenvalue weighted by atomic mass is 32.1. The van der Waals surface area contributed by atoms with Gasteiger partial charge in [-0.2, -0.15) is 12.6 Å². The fourth-order valence-corrected chi connectivity index (χ4v) is 3.08. The van der Waals surface area contributed by atoms with E-state index in [9.17, 15) is 4.79 Å². The molecule has 29 heavy (non-hydrogen) atoms. The molecule has 1 aromatic heterocycles. The van der Waals surface area contributed by atoms with Crippen LogP contribution in [0, 0.1) is 0 Å². The number of hydrogen-bond acceptors (Lipinski definition) is 6. The number of nitrogens with two attached hydrogens (primary N) is 1. The second-order valence-corrected chi connectivity index (χ2v) is 6.89. The smallest absolute Gasteiger partial charge is 0.255 e. The third-order valence-electron chi connectivity index (χ3n) is 4.39. The summed E-state index contributed by atoms with van der Waals surface area (Å²) in [6.07, 6.45) is 0. The maximum absolute atomic E-state index is 12.5. The number of hydrogen-bond donors (Lipinski definition) is 3. The summed E-state index contributed by atoms with van der Waals surface area (Å²) in [7, 11) is 0. The summed E-state index contributed by atoms with van der Waals surface area (Å²) in [6.45, 7) is 0. The first kappa shape index (κ1) is 18.8. The Morgan fingerprint density at radius 1 is 0.931 bits per heavy atom. The number of aromatic nitrogens is 2. The lowest BCUT2D eigenvalue weighted by atomic mass is 10.1. The van der Waals surface area contributed by atoms with E-state index in [4.69, 9.17) is 10.2 Å². The minimum atomic E-state index is -0.401. The van der Waals surface area contributed by atoms with Crippen LogP contribution in [-0.2, 0) is 0 Å². The van der Waals surface area contributed by atoms with Gasteiger partial charge in [0.25, 0.3) is 5.91 Å². The quantitative estimate of drug-likeness (QED) is 0.335. The van der Waals surface area contributed by atoms with Gasteiger partial charge in [0, 0.05) is 11.1 Å². The van der Waals surface area contributed by atoms with Gasteiger partial charge in [0.05, 0.1) is 11.4 Å². The van der Waals surface area contributed by atoms with Crippen LogP contribution in [0.15, 0.2) is 83.3 Å². The van der Waals surface area contributed by atoms with Gasteiger partial charge in [0.15, 0.2) is 0 Å². The van der Waals surface area contributed by atoms with Crippen LogP contribution in [0.25, 0.3) is 11.5 Å². The molecule has 0 aliphatic heterocycles. The van der Waals surface area contributed by atoms with Crippen LogP contribution in [0.4, 0.5) is 11.4 Å². The van der Waals surface area contributed by atoms with E-state index in [1.54, 1.807) is 24.3 Å². The molecule has 144 valence electrons. The van der Waals surface area contributed by atoms with Crippen molar-refractivity contribution < 1.29 is 9.21 Å². The Labute approximate surface area is 173 Å². The number of benzene rings is 3. The summed E-state index contributed by atoms with van der Waals surface area (Å²) in [5.41, 5.74) is 9.15. The Kier molecular flexibility index (Phi) is 5.31.